The molecule has 3 amide bonds. The summed E-state index contributed by atoms with van der Waals surface area (Å²) < 4.78 is 17.0. The fourth-order valence-corrected chi connectivity index (χ4v) is 8.91. The van der Waals surface area contributed by atoms with Gasteiger partial charge in [0.15, 0.2) is 5.72 Å². The largest absolute Gasteiger partial charge is 0.457 e. The van der Waals surface area contributed by atoms with E-state index in [2.05, 4.69) is 11.9 Å². The van der Waals surface area contributed by atoms with Crippen molar-refractivity contribution in [1.29, 1.82) is 0 Å². The average Bonchev–Trinajstić information content (AvgIpc) is 3.82. The smallest absolute Gasteiger partial charge is 0.409 e. The van der Waals surface area contributed by atoms with Gasteiger partial charge in [-0.3, -0.25) is 14.9 Å². The summed E-state index contributed by atoms with van der Waals surface area (Å²) in [7, 11) is 3.05. The van der Waals surface area contributed by atoms with Crippen LogP contribution in [-0.4, -0.2) is 110 Å². The van der Waals surface area contributed by atoms with Crippen LogP contribution in [-0.2, 0) is 41.6 Å². The first kappa shape index (κ1) is 44.3. The molecule has 3 aliphatic heterocycles. The molecule has 0 radical (unpaired) electrons. The van der Waals surface area contributed by atoms with Crippen LogP contribution in [0.3, 0.4) is 0 Å². The Bertz CT molecular complexity index is 1720. The Balaban J connectivity index is 1.77. The summed E-state index contributed by atoms with van der Waals surface area (Å²) >= 11 is 8.14. The molecule has 0 aromatic heterocycles. The van der Waals surface area contributed by atoms with Crippen LogP contribution in [0.15, 0.2) is 48.6 Å². The maximum atomic E-state index is 14.2. The zero-order valence-corrected chi connectivity index (χ0v) is 34.7. The average molecular weight is 806 g/mol. The normalized spacial score (nSPS) is 31.8. The van der Waals surface area contributed by atoms with Gasteiger partial charge in [-0.05, 0) is 51.3 Å². The van der Waals surface area contributed by atoms with Crippen molar-refractivity contribution in [2.75, 3.05) is 25.6 Å². The lowest BCUT2D eigenvalue weighted by molar-refractivity contribution is -0.162. The highest BCUT2D eigenvalue weighted by molar-refractivity contribution is 8.02. The Morgan fingerprint density at radius 2 is 1.95 bits per heavy atom. The van der Waals surface area contributed by atoms with Crippen molar-refractivity contribution in [2.24, 2.45) is 11.8 Å². The van der Waals surface area contributed by atoms with E-state index < -0.39 is 76.8 Å². The van der Waals surface area contributed by atoms with E-state index in [1.54, 1.807) is 64.3 Å². The number of allylic oxidation sites excluding steroid dienone is 3. The van der Waals surface area contributed by atoms with E-state index >= 15 is 0 Å². The third-order valence-corrected chi connectivity index (χ3v) is 12.7. The maximum absolute atomic E-state index is 14.2. The lowest BCUT2D eigenvalue weighted by Gasteiger charge is -2.42. The number of nitrogens with one attached hydrogen (secondary N) is 1. The van der Waals surface area contributed by atoms with Gasteiger partial charge >= 0.3 is 12.1 Å². The molecule has 9 atom stereocenters. The van der Waals surface area contributed by atoms with Gasteiger partial charge in [0.25, 0.3) is 0 Å². The van der Waals surface area contributed by atoms with E-state index in [1.807, 2.05) is 20.8 Å². The molecule has 15 heteroatoms. The van der Waals surface area contributed by atoms with E-state index in [9.17, 15) is 34.5 Å². The molecule has 304 valence electrons. The Morgan fingerprint density at radius 1 is 1.27 bits per heavy atom. The van der Waals surface area contributed by atoms with Crippen LogP contribution >= 0.6 is 23.4 Å². The zero-order valence-electron chi connectivity index (χ0n) is 33.1. The quantitative estimate of drug-likeness (QED) is 0.155. The molecule has 2 saturated heterocycles. The predicted molar refractivity (Wildman–Crippen MR) is 211 cm³/mol. The van der Waals surface area contributed by atoms with E-state index in [0.29, 0.717) is 17.7 Å². The topological polar surface area (TPSA) is 178 Å². The number of anilines is 1. The van der Waals surface area contributed by atoms with Crippen LogP contribution in [0.25, 0.3) is 0 Å². The van der Waals surface area contributed by atoms with Gasteiger partial charge in [-0.2, -0.15) is 0 Å². The molecule has 0 saturated carbocycles. The highest BCUT2D eigenvalue weighted by Gasteiger charge is 2.64. The Labute approximate surface area is 333 Å². The van der Waals surface area contributed by atoms with Gasteiger partial charge in [-0.25, -0.2) is 9.59 Å². The van der Waals surface area contributed by atoms with Crippen molar-refractivity contribution in [3.05, 3.63) is 64.7 Å². The number of nitrogens with zero attached hydrogens (tertiary/aromatic N) is 2. The molecular formula is C40H56ClN3O10S. The summed E-state index contributed by atoms with van der Waals surface area (Å²) in [5.74, 6) is -3.08. The summed E-state index contributed by atoms with van der Waals surface area (Å²) in [6, 6.07) is 2.43. The number of fused-ring (bicyclic) bond motifs is 5. The summed E-state index contributed by atoms with van der Waals surface area (Å²) in [6.07, 6.45) is 2.92. The van der Waals surface area contributed by atoms with Crippen LogP contribution in [0.2, 0.25) is 5.02 Å². The SMILES string of the molecule is C=CC(C)(SC(C)C)C(=O)N(C)[C@H](C)C(=O)O[C@H]1CC(=O)N(C)c2cc(cc(CO)c2Cl)C/C(C)=C/C=C/[C@@H](CO)[C@@]2(O)C[C@H](OC(=O)N2)[C@@H](C)[C@@H]2O[C@@]12C. The number of amides is 3. The van der Waals surface area contributed by atoms with E-state index in [1.165, 1.54) is 35.5 Å². The molecule has 0 aliphatic carbocycles. The molecular weight excluding hydrogens is 750 g/mol. The molecule has 4 bridgehead atoms. The highest BCUT2D eigenvalue weighted by Crippen LogP contribution is 2.49. The van der Waals surface area contributed by atoms with E-state index in [-0.39, 0.29) is 35.6 Å². The summed E-state index contributed by atoms with van der Waals surface area (Å²) in [4.78, 5) is 57.3. The number of aliphatic hydroxyl groups excluding tert-OH is 2. The second-order valence-electron chi connectivity index (χ2n) is 15.5. The third kappa shape index (κ3) is 9.60. The van der Waals surface area contributed by atoms with Crippen molar-refractivity contribution < 1.29 is 48.7 Å². The molecule has 13 nitrogen and oxygen atoms in total. The number of alkyl carbamates (subject to hydrolysis) is 1. The summed E-state index contributed by atoms with van der Waals surface area (Å²) in [6.45, 7) is 15.5. The predicted octanol–water partition coefficient (Wildman–Crippen LogP) is 4.68. The van der Waals surface area contributed by atoms with Crippen molar-refractivity contribution in [2.45, 2.75) is 120 Å². The fourth-order valence-electron chi connectivity index (χ4n) is 7.29. The number of epoxide rings is 1. The molecule has 3 aliphatic rings. The second-order valence-corrected chi connectivity index (χ2v) is 17.9. The number of rotatable bonds is 9. The van der Waals surface area contributed by atoms with Crippen molar-refractivity contribution in [3.63, 3.8) is 0 Å². The number of carbonyl (C=O) groups is 4. The number of hydrogen-bond acceptors (Lipinski definition) is 11. The Morgan fingerprint density at radius 3 is 2.55 bits per heavy atom. The van der Waals surface area contributed by atoms with Gasteiger partial charge < -0.3 is 39.3 Å². The number of carbonyl (C=O) groups excluding carboxylic acids is 4. The minimum absolute atomic E-state index is 0.0949. The number of thioether (sulfide) groups is 1. The number of likely N-dealkylation sites (N-methyl/N-ethyl adjacent to an activating group) is 1. The van der Waals surface area contributed by atoms with Crippen LogP contribution in [0.5, 0.6) is 0 Å². The van der Waals surface area contributed by atoms with Gasteiger partial charge in [0.05, 0.1) is 36.4 Å². The number of esters is 1. The molecule has 0 spiro atoms. The van der Waals surface area contributed by atoms with Crippen molar-refractivity contribution >= 4 is 52.9 Å². The number of halogens is 1. The number of ether oxygens (including phenoxy) is 3. The monoisotopic (exact) mass is 805 g/mol. The van der Waals surface area contributed by atoms with Crippen LogP contribution in [0.4, 0.5) is 10.5 Å². The summed E-state index contributed by atoms with van der Waals surface area (Å²) in [5, 5.41) is 35.0. The zero-order chi connectivity index (χ0) is 41.2. The second kappa shape index (κ2) is 17.4. The van der Waals surface area contributed by atoms with Crippen LogP contribution in [0.1, 0.15) is 72.4 Å². The van der Waals surface area contributed by atoms with Gasteiger partial charge in [0.1, 0.15) is 28.6 Å². The number of hydrogen-bond donors (Lipinski definition) is 4. The van der Waals surface area contributed by atoms with Crippen LogP contribution in [0, 0.1) is 11.8 Å². The Kier molecular flexibility index (Phi) is 14.0. The molecule has 55 heavy (non-hydrogen) atoms. The maximum Gasteiger partial charge on any atom is 0.409 e. The number of aliphatic hydroxyl groups is 3. The molecule has 1 aromatic carbocycles. The minimum Gasteiger partial charge on any atom is -0.457 e. The van der Waals surface area contributed by atoms with Gasteiger partial charge in [0, 0.05) is 37.6 Å². The highest BCUT2D eigenvalue weighted by atomic mass is 35.5. The first-order valence-corrected chi connectivity index (χ1v) is 19.7. The third-order valence-electron chi connectivity index (χ3n) is 10.9. The molecule has 1 aromatic rings. The van der Waals surface area contributed by atoms with Crippen molar-refractivity contribution in [3.8, 4) is 0 Å². The molecule has 1 unspecified atom stereocenters. The van der Waals surface area contributed by atoms with E-state index in [4.69, 9.17) is 25.8 Å². The first-order chi connectivity index (χ1) is 25.6. The minimum atomic E-state index is -1.87. The standard InChI is InChI=1S/C40H56ClN3O10S/c1-11-38(7,55-22(2)3)36(49)43(9)25(6)35(48)53-31-18-32(47)44(10)29-17-26(16-27(20-45)33(29)41)15-23(4)13-12-14-28(21-46)40(51)19-30(52-37(50)42-40)24(5)34-39(31,8)54-34/h11-14,16-17,22,24-25,28,30-31,34,45-46,51H,1,15,18-21H2,2-10H3,(H,42,50)/b14-12+,23-13+/t24-,25-,28+,30+,31+,34+,38?,39+,40+/m1/s1. The summed E-state index contributed by atoms with van der Waals surface area (Å²) in [5.41, 5.74) is -0.774. The first-order valence-electron chi connectivity index (χ1n) is 18.5. The lowest BCUT2D eigenvalue weighted by Crippen LogP contribution is -2.62. The lowest BCUT2D eigenvalue weighted by atomic mass is 9.81. The molecule has 3 heterocycles. The fraction of sp³-hybridized carbons (Fsp3) is 0.600. The Hall–Kier alpha value is -3.40. The number of benzene rings is 1. The molecule has 4 rings (SSSR count). The van der Waals surface area contributed by atoms with Crippen LogP contribution < -0.4 is 10.2 Å². The molecule has 2 fully saturated rings. The van der Waals surface area contributed by atoms with Crippen molar-refractivity contribution in [1.82, 2.24) is 10.2 Å². The molecule has 4 N–H and O–H groups in total. The van der Waals surface area contributed by atoms with E-state index in [0.717, 1.165) is 11.1 Å². The van der Waals surface area contributed by atoms with Gasteiger partial charge in [-0.15, -0.1) is 18.3 Å². The van der Waals surface area contributed by atoms with Gasteiger partial charge in [0.2, 0.25) is 11.8 Å². The van der Waals surface area contributed by atoms with Gasteiger partial charge in [-0.1, -0.05) is 68.3 Å².